The quantitative estimate of drug-likeness (QED) is 0.814. The van der Waals surface area contributed by atoms with E-state index in [4.69, 9.17) is 4.52 Å². The van der Waals surface area contributed by atoms with Crippen molar-refractivity contribution in [3.8, 4) is 0 Å². The molecule has 0 saturated carbocycles. The molecule has 0 aromatic carbocycles. The third-order valence-corrected chi connectivity index (χ3v) is 4.91. The fraction of sp³-hybridized carbons (Fsp3) is 0.562. The molecule has 22 heavy (non-hydrogen) atoms. The first-order valence-corrected chi connectivity index (χ1v) is 8.39. The number of rotatable bonds is 6. The smallest absolute Gasteiger partial charge is 0.265 e. The molecule has 0 N–H and O–H groups in total. The van der Waals surface area contributed by atoms with Crippen molar-refractivity contribution in [1.82, 2.24) is 15.0 Å². The van der Waals surface area contributed by atoms with E-state index in [9.17, 15) is 4.79 Å². The molecule has 0 bridgehead atoms. The van der Waals surface area contributed by atoms with E-state index in [-0.39, 0.29) is 5.91 Å². The lowest BCUT2D eigenvalue weighted by Gasteiger charge is -2.16. The van der Waals surface area contributed by atoms with Gasteiger partial charge in [-0.3, -0.25) is 4.79 Å². The van der Waals surface area contributed by atoms with Crippen LogP contribution in [0.4, 0.5) is 0 Å². The van der Waals surface area contributed by atoms with Crippen LogP contribution in [-0.4, -0.2) is 28.0 Å². The molecule has 0 unspecified atom stereocenters. The highest BCUT2D eigenvalue weighted by molar-refractivity contribution is 7.13. The molecule has 0 atom stereocenters. The lowest BCUT2D eigenvalue weighted by atomic mass is 10.2. The Bertz CT molecular complexity index is 641. The normalized spacial score (nSPS) is 11.0. The molecule has 120 valence electrons. The van der Waals surface area contributed by atoms with E-state index in [0.717, 1.165) is 51.9 Å². The third kappa shape index (κ3) is 3.55. The van der Waals surface area contributed by atoms with Crippen LogP contribution in [0.25, 0.3) is 0 Å². The number of carbonyl (C=O) groups excluding carboxylic acids is 1. The van der Waals surface area contributed by atoms with E-state index in [1.807, 2.05) is 20.8 Å². The standard InChI is InChI=1S/C16H23N3O2S/c1-6-7-8-14-17-11(3)15(22-14)16(20)19(5)9-13-10(2)18-21-12(13)4/h6-9H2,1-5H3. The van der Waals surface area contributed by atoms with Crippen molar-refractivity contribution in [2.24, 2.45) is 0 Å². The Hall–Kier alpha value is -1.69. The highest BCUT2D eigenvalue weighted by atomic mass is 32.1. The lowest BCUT2D eigenvalue weighted by Crippen LogP contribution is -2.26. The summed E-state index contributed by atoms with van der Waals surface area (Å²) in [4.78, 5) is 19.6. The summed E-state index contributed by atoms with van der Waals surface area (Å²) in [5.41, 5.74) is 2.64. The fourth-order valence-corrected chi connectivity index (χ4v) is 3.40. The Balaban J connectivity index is 2.12. The molecule has 5 nitrogen and oxygen atoms in total. The monoisotopic (exact) mass is 321 g/mol. The van der Waals surface area contributed by atoms with Gasteiger partial charge in [-0.15, -0.1) is 11.3 Å². The Morgan fingerprint density at radius 2 is 2.00 bits per heavy atom. The second-order valence-electron chi connectivity index (χ2n) is 5.59. The van der Waals surface area contributed by atoms with Crippen LogP contribution < -0.4 is 0 Å². The summed E-state index contributed by atoms with van der Waals surface area (Å²) in [5.74, 6) is 0.777. The average Bonchev–Trinajstić information content (AvgIpc) is 3.01. The molecule has 0 radical (unpaired) electrons. The Morgan fingerprint density at radius 1 is 1.27 bits per heavy atom. The summed E-state index contributed by atoms with van der Waals surface area (Å²) >= 11 is 1.52. The molecule has 1 amide bonds. The molecule has 6 heteroatoms. The van der Waals surface area contributed by atoms with Gasteiger partial charge in [-0.25, -0.2) is 4.98 Å². The second-order valence-corrected chi connectivity index (χ2v) is 6.67. The third-order valence-electron chi connectivity index (χ3n) is 3.70. The predicted octanol–water partition coefficient (Wildman–Crippen LogP) is 3.67. The summed E-state index contributed by atoms with van der Waals surface area (Å²) in [6.07, 6.45) is 3.19. The minimum absolute atomic E-state index is 0.0118. The van der Waals surface area contributed by atoms with Crippen molar-refractivity contribution in [3.63, 3.8) is 0 Å². The van der Waals surface area contributed by atoms with E-state index in [2.05, 4.69) is 17.1 Å². The van der Waals surface area contributed by atoms with Gasteiger partial charge in [0.15, 0.2) is 0 Å². The summed E-state index contributed by atoms with van der Waals surface area (Å²) < 4.78 is 5.16. The first-order chi connectivity index (χ1) is 10.4. The summed E-state index contributed by atoms with van der Waals surface area (Å²) in [6, 6.07) is 0. The van der Waals surface area contributed by atoms with Gasteiger partial charge in [0.25, 0.3) is 5.91 Å². The molecule has 2 aromatic heterocycles. The van der Waals surface area contributed by atoms with Crippen LogP contribution in [-0.2, 0) is 13.0 Å². The first kappa shape index (κ1) is 16.7. The molecule has 0 saturated heterocycles. The number of amides is 1. The highest BCUT2D eigenvalue weighted by Gasteiger charge is 2.21. The predicted molar refractivity (Wildman–Crippen MR) is 87.2 cm³/mol. The molecule has 2 rings (SSSR count). The number of thiazole rings is 1. The van der Waals surface area contributed by atoms with Crippen LogP contribution in [0, 0.1) is 20.8 Å². The molecule has 0 aliphatic carbocycles. The fourth-order valence-electron chi connectivity index (χ4n) is 2.30. The van der Waals surface area contributed by atoms with Crippen molar-refractivity contribution in [2.75, 3.05) is 7.05 Å². The molecule has 2 aromatic rings. The average molecular weight is 321 g/mol. The maximum atomic E-state index is 12.6. The van der Waals surface area contributed by atoms with Gasteiger partial charge in [0.1, 0.15) is 10.6 Å². The van der Waals surface area contributed by atoms with Crippen molar-refractivity contribution >= 4 is 17.2 Å². The van der Waals surface area contributed by atoms with Crippen LogP contribution in [0.15, 0.2) is 4.52 Å². The van der Waals surface area contributed by atoms with Crippen LogP contribution >= 0.6 is 11.3 Å². The number of aromatic nitrogens is 2. The molecular weight excluding hydrogens is 298 g/mol. The second kappa shape index (κ2) is 7.05. The Morgan fingerprint density at radius 3 is 2.59 bits per heavy atom. The number of aryl methyl sites for hydroxylation is 4. The maximum Gasteiger partial charge on any atom is 0.265 e. The minimum Gasteiger partial charge on any atom is -0.361 e. The van der Waals surface area contributed by atoms with Gasteiger partial charge in [-0.1, -0.05) is 18.5 Å². The van der Waals surface area contributed by atoms with Crippen LogP contribution in [0.1, 0.15) is 57.2 Å². The number of nitrogens with zero attached hydrogens (tertiary/aromatic N) is 3. The molecule has 0 aliphatic heterocycles. The van der Waals surface area contributed by atoms with E-state index < -0.39 is 0 Å². The van der Waals surface area contributed by atoms with E-state index in [0.29, 0.717) is 6.54 Å². The van der Waals surface area contributed by atoms with Gasteiger partial charge in [-0.05, 0) is 33.6 Å². The SMILES string of the molecule is CCCCc1nc(C)c(C(=O)N(C)Cc2c(C)noc2C)s1. The van der Waals surface area contributed by atoms with Crippen LogP contribution in [0.5, 0.6) is 0 Å². The highest BCUT2D eigenvalue weighted by Crippen LogP contribution is 2.23. The van der Waals surface area contributed by atoms with Crippen LogP contribution in [0.2, 0.25) is 0 Å². The number of unbranched alkanes of at least 4 members (excludes halogenated alkanes) is 1. The molecule has 2 heterocycles. The number of carbonyl (C=O) groups is 1. The zero-order valence-electron chi connectivity index (χ0n) is 13.9. The minimum atomic E-state index is 0.0118. The zero-order valence-corrected chi connectivity index (χ0v) is 14.7. The topological polar surface area (TPSA) is 59.2 Å². The van der Waals surface area contributed by atoms with Gasteiger partial charge >= 0.3 is 0 Å². The van der Waals surface area contributed by atoms with Crippen molar-refractivity contribution in [3.05, 3.63) is 32.6 Å². The van der Waals surface area contributed by atoms with Crippen molar-refractivity contribution in [1.29, 1.82) is 0 Å². The van der Waals surface area contributed by atoms with Gasteiger partial charge in [-0.2, -0.15) is 0 Å². The summed E-state index contributed by atoms with van der Waals surface area (Å²) in [7, 11) is 1.80. The summed E-state index contributed by atoms with van der Waals surface area (Å²) in [5, 5.41) is 4.98. The van der Waals surface area contributed by atoms with Crippen molar-refractivity contribution in [2.45, 2.75) is 53.5 Å². The van der Waals surface area contributed by atoms with Gasteiger partial charge in [0.05, 0.1) is 22.9 Å². The van der Waals surface area contributed by atoms with E-state index in [1.165, 1.54) is 11.3 Å². The van der Waals surface area contributed by atoms with E-state index >= 15 is 0 Å². The molecule has 0 fully saturated rings. The molecule has 0 spiro atoms. The largest absolute Gasteiger partial charge is 0.361 e. The Kier molecular flexibility index (Phi) is 5.34. The number of hydrogen-bond acceptors (Lipinski definition) is 5. The van der Waals surface area contributed by atoms with Crippen LogP contribution in [0.3, 0.4) is 0 Å². The van der Waals surface area contributed by atoms with Gasteiger partial charge in [0.2, 0.25) is 0 Å². The van der Waals surface area contributed by atoms with Crippen molar-refractivity contribution < 1.29 is 9.32 Å². The van der Waals surface area contributed by atoms with Gasteiger partial charge < -0.3 is 9.42 Å². The molecular formula is C16H23N3O2S. The zero-order chi connectivity index (χ0) is 16.3. The lowest BCUT2D eigenvalue weighted by molar-refractivity contribution is 0.0788. The van der Waals surface area contributed by atoms with E-state index in [1.54, 1.807) is 11.9 Å². The molecule has 0 aliphatic rings. The Labute approximate surface area is 135 Å². The number of hydrogen-bond donors (Lipinski definition) is 0. The van der Waals surface area contributed by atoms with Gasteiger partial charge in [0, 0.05) is 12.6 Å². The maximum absolute atomic E-state index is 12.6. The first-order valence-electron chi connectivity index (χ1n) is 7.57. The summed E-state index contributed by atoms with van der Waals surface area (Å²) in [6.45, 7) is 8.33.